The summed E-state index contributed by atoms with van der Waals surface area (Å²) >= 11 is 1.62. The Labute approximate surface area is 168 Å². The van der Waals surface area contributed by atoms with Gasteiger partial charge in [-0.1, -0.05) is 12.1 Å². The van der Waals surface area contributed by atoms with E-state index in [9.17, 15) is 4.79 Å². The second kappa shape index (κ2) is 8.48. The van der Waals surface area contributed by atoms with Crippen molar-refractivity contribution in [3.05, 3.63) is 58.7 Å². The molecular formula is C21H23N5OS. The van der Waals surface area contributed by atoms with Crippen LogP contribution in [0.2, 0.25) is 0 Å². The number of benzene rings is 1. The SMILES string of the molecule is CCNc1ccnc(-c2cccc(C(=O)N3CCCCC3c3nccs3)c2)n1. The van der Waals surface area contributed by atoms with Gasteiger partial charge in [0.15, 0.2) is 5.82 Å². The van der Waals surface area contributed by atoms with Crippen molar-refractivity contribution >= 4 is 23.1 Å². The second-order valence-corrected chi connectivity index (χ2v) is 7.68. The third-order valence-corrected chi connectivity index (χ3v) is 5.76. The lowest BCUT2D eigenvalue weighted by Gasteiger charge is -2.34. The first-order valence-electron chi connectivity index (χ1n) is 9.64. The molecule has 1 saturated heterocycles. The van der Waals surface area contributed by atoms with E-state index in [4.69, 9.17) is 0 Å². The fraction of sp³-hybridized carbons (Fsp3) is 0.333. The zero-order valence-electron chi connectivity index (χ0n) is 15.8. The lowest BCUT2D eigenvalue weighted by Crippen LogP contribution is -2.38. The number of thiazole rings is 1. The van der Waals surface area contributed by atoms with Crippen LogP contribution < -0.4 is 5.32 Å². The molecular weight excluding hydrogens is 370 g/mol. The highest BCUT2D eigenvalue weighted by molar-refractivity contribution is 7.09. The smallest absolute Gasteiger partial charge is 0.254 e. The minimum absolute atomic E-state index is 0.0459. The average Bonchev–Trinajstić information content (AvgIpc) is 3.29. The molecule has 2 aromatic heterocycles. The molecule has 0 saturated carbocycles. The highest BCUT2D eigenvalue weighted by Gasteiger charge is 2.30. The number of nitrogens with zero attached hydrogens (tertiary/aromatic N) is 4. The molecule has 0 radical (unpaired) electrons. The van der Waals surface area contributed by atoms with E-state index in [2.05, 4.69) is 20.3 Å². The molecule has 1 unspecified atom stereocenters. The predicted molar refractivity (Wildman–Crippen MR) is 111 cm³/mol. The molecule has 1 aliphatic heterocycles. The number of piperidine rings is 1. The molecule has 144 valence electrons. The highest BCUT2D eigenvalue weighted by Crippen LogP contribution is 2.33. The van der Waals surface area contributed by atoms with Gasteiger partial charge in [0.25, 0.3) is 5.91 Å². The molecule has 6 nitrogen and oxygen atoms in total. The molecule has 4 rings (SSSR count). The monoisotopic (exact) mass is 393 g/mol. The zero-order chi connectivity index (χ0) is 19.3. The maximum atomic E-state index is 13.3. The number of carbonyl (C=O) groups excluding carboxylic acids is 1. The normalized spacial score (nSPS) is 16.8. The van der Waals surface area contributed by atoms with Crippen LogP contribution in [0.5, 0.6) is 0 Å². The Hall–Kier alpha value is -2.80. The van der Waals surface area contributed by atoms with Gasteiger partial charge in [-0.05, 0) is 44.4 Å². The van der Waals surface area contributed by atoms with E-state index in [1.807, 2.05) is 53.7 Å². The Morgan fingerprint density at radius 1 is 1.25 bits per heavy atom. The minimum Gasteiger partial charge on any atom is -0.370 e. The first-order valence-corrected chi connectivity index (χ1v) is 10.5. The fourth-order valence-corrected chi connectivity index (χ4v) is 4.35. The molecule has 28 heavy (non-hydrogen) atoms. The lowest BCUT2D eigenvalue weighted by atomic mass is 10.0. The number of nitrogens with one attached hydrogen (secondary N) is 1. The van der Waals surface area contributed by atoms with Crippen molar-refractivity contribution in [2.24, 2.45) is 0 Å². The molecule has 1 amide bonds. The fourth-order valence-electron chi connectivity index (χ4n) is 3.56. The number of hydrogen-bond donors (Lipinski definition) is 1. The number of rotatable bonds is 5. The molecule has 1 fully saturated rings. The van der Waals surface area contributed by atoms with E-state index in [0.717, 1.165) is 48.7 Å². The summed E-state index contributed by atoms with van der Waals surface area (Å²) in [5.41, 5.74) is 1.51. The number of aromatic nitrogens is 3. The minimum atomic E-state index is 0.0459. The molecule has 1 aromatic carbocycles. The van der Waals surface area contributed by atoms with Crippen LogP contribution in [-0.2, 0) is 0 Å². The first-order chi connectivity index (χ1) is 13.8. The van der Waals surface area contributed by atoms with Crippen LogP contribution in [0.4, 0.5) is 5.82 Å². The molecule has 1 N–H and O–H groups in total. The molecule has 0 aliphatic carbocycles. The Morgan fingerprint density at radius 3 is 3.00 bits per heavy atom. The molecule has 3 heterocycles. The number of likely N-dealkylation sites (tertiary alicyclic amines) is 1. The summed E-state index contributed by atoms with van der Waals surface area (Å²) in [6.07, 6.45) is 6.66. The number of carbonyl (C=O) groups is 1. The number of hydrogen-bond acceptors (Lipinski definition) is 6. The summed E-state index contributed by atoms with van der Waals surface area (Å²) in [4.78, 5) is 28.7. The van der Waals surface area contributed by atoms with Gasteiger partial charge >= 0.3 is 0 Å². The van der Waals surface area contributed by atoms with Crippen LogP contribution in [0.25, 0.3) is 11.4 Å². The van der Waals surface area contributed by atoms with Crippen molar-refractivity contribution in [2.75, 3.05) is 18.4 Å². The van der Waals surface area contributed by atoms with Crippen LogP contribution >= 0.6 is 11.3 Å². The number of amides is 1. The van der Waals surface area contributed by atoms with Crippen molar-refractivity contribution in [1.29, 1.82) is 0 Å². The maximum absolute atomic E-state index is 13.3. The maximum Gasteiger partial charge on any atom is 0.254 e. The standard InChI is InChI=1S/C21H23N5OS/c1-2-22-18-9-10-23-19(25-18)15-6-5-7-16(14-15)21(27)26-12-4-3-8-17(26)20-24-11-13-28-20/h5-7,9-11,13-14,17H,2-4,8,12H2,1H3,(H,22,23,25). The van der Waals surface area contributed by atoms with Gasteiger partial charge < -0.3 is 10.2 Å². The summed E-state index contributed by atoms with van der Waals surface area (Å²) in [7, 11) is 0. The molecule has 0 bridgehead atoms. The van der Waals surface area contributed by atoms with E-state index in [-0.39, 0.29) is 11.9 Å². The zero-order valence-corrected chi connectivity index (χ0v) is 16.7. The highest BCUT2D eigenvalue weighted by atomic mass is 32.1. The van der Waals surface area contributed by atoms with Gasteiger partial charge in [-0.15, -0.1) is 11.3 Å². The van der Waals surface area contributed by atoms with Gasteiger partial charge in [-0.2, -0.15) is 0 Å². The van der Waals surface area contributed by atoms with Crippen molar-refractivity contribution in [1.82, 2.24) is 19.9 Å². The van der Waals surface area contributed by atoms with E-state index in [0.29, 0.717) is 11.4 Å². The quantitative estimate of drug-likeness (QED) is 0.696. The Bertz CT molecular complexity index is 943. The topological polar surface area (TPSA) is 71.0 Å². The summed E-state index contributed by atoms with van der Waals surface area (Å²) in [6.45, 7) is 3.58. The average molecular weight is 394 g/mol. The van der Waals surface area contributed by atoms with Crippen molar-refractivity contribution in [3.8, 4) is 11.4 Å². The van der Waals surface area contributed by atoms with Crippen LogP contribution in [-0.4, -0.2) is 38.8 Å². The Morgan fingerprint density at radius 2 is 2.18 bits per heavy atom. The van der Waals surface area contributed by atoms with Crippen LogP contribution in [0.3, 0.4) is 0 Å². The van der Waals surface area contributed by atoms with Gasteiger partial charge in [0.1, 0.15) is 10.8 Å². The van der Waals surface area contributed by atoms with E-state index >= 15 is 0 Å². The third-order valence-electron chi connectivity index (χ3n) is 4.88. The first kappa shape index (κ1) is 18.6. The Kier molecular flexibility index (Phi) is 5.62. The summed E-state index contributed by atoms with van der Waals surface area (Å²) in [6, 6.07) is 9.51. The van der Waals surface area contributed by atoms with Crippen LogP contribution in [0.1, 0.15) is 47.6 Å². The Balaban J connectivity index is 1.61. The largest absolute Gasteiger partial charge is 0.370 e. The van der Waals surface area contributed by atoms with Crippen LogP contribution in [0, 0.1) is 0 Å². The van der Waals surface area contributed by atoms with Gasteiger partial charge in [0.2, 0.25) is 0 Å². The third kappa shape index (κ3) is 3.89. The summed E-state index contributed by atoms with van der Waals surface area (Å²) < 4.78 is 0. The van der Waals surface area contributed by atoms with Crippen LogP contribution in [0.15, 0.2) is 48.1 Å². The van der Waals surface area contributed by atoms with Crippen molar-refractivity contribution in [3.63, 3.8) is 0 Å². The van der Waals surface area contributed by atoms with E-state index in [1.165, 1.54) is 0 Å². The second-order valence-electron chi connectivity index (χ2n) is 6.76. The lowest BCUT2D eigenvalue weighted by molar-refractivity contribution is 0.0611. The van der Waals surface area contributed by atoms with Gasteiger partial charge in [0, 0.05) is 42.0 Å². The molecule has 7 heteroatoms. The van der Waals surface area contributed by atoms with Crippen molar-refractivity contribution in [2.45, 2.75) is 32.2 Å². The van der Waals surface area contributed by atoms with Gasteiger partial charge in [-0.25, -0.2) is 15.0 Å². The predicted octanol–water partition coefficient (Wildman–Crippen LogP) is 4.40. The molecule has 3 aromatic rings. The summed E-state index contributed by atoms with van der Waals surface area (Å²) in [5.74, 6) is 1.44. The van der Waals surface area contributed by atoms with Gasteiger partial charge in [0.05, 0.1) is 6.04 Å². The molecule has 1 aliphatic rings. The molecule has 0 spiro atoms. The van der Waals surface area contributed by atoms with E-state index in [1.54, 1.807) is 17.5 Å². The van der Waals surface area contributed by atoms with E-state index < -0.39 is 0 Å². The van der Waals surface area contributed by atoms with Crippen molar-refractivity contribution < 1.29 is 4.79 Å². The summed E-state index contributed by atoms with van der Waals surface area (Å²) in [5, 5.41) is 6.19. The van der Waals surface area contributed by atoms with Gasteiger partial charge in [-0.3, -0.25) is 4.79 Å². The molecule has 1 atom stereocenters. The number of anilines is 1.